The first-order valence-electron chi connectivity index (χ1n) is 6.45. The van der Waals surface area contributed by atoms with Gasteiger partial charge in [0.25, 0.3) is 5.91 Å². The Morgan fingerprint density at radius 1 is 1.20 bits per heavy atom. The lowest BCUT2D eigenvalue weighted by molar-refractivity contribution is -0.142. The topological polar surface area (TPSA) is 66.4 Å². The van der Waals surface area contributed by atoms with Crippen LogP contribution in [0.2, 0.25) is 5.02 Å². The molecule has 0 saturated heterocycles. The number of halogens is 2. The van der Waals surface area contributed by atoms with Crippen molar-refractivity contribution in [1.29, 1.82) is 0 Å². The monoisotopic (exact) mass is 299 g/mol. The van der Waals surface area contributed by atoms with E-state index in [1.165, 1.54) is 6.07 Å². The van der Waals surface area contributed by atoms with Gasteiger partial charge in [-0.25, -0.2) is 4.39 Å². The Labute approximate surface area is 120 Å². The van der Waals surface area contributed by atoms with Gasteiger partial charge in [-0.3, -0.25) is 9.59 Å². The number of hydrogen-bond donors (Lipinski definition) is 2. The largest absolute Gasteiger partial charge is 0.481 e. The maximum atomic E-state index is 13.2. The lowest BCUT2D eigenvalue weighted by atomic mass is 9.86. The maximum Gasteiger partial charge on any atom is 0.306 e. The molecule has 6 heteroatoms. The number of carboxylic acids is 1. The molecule has 1 aliphatic carbocycles. The van der Waals surface area contributed by atoms with Crippen molar-refractivity contribution in [2.45, 2.75) is 31.7 Å². The maximum absolute atomic E-state index is 13.2. The van der Waals surface area contributed by atoms with Crippen molar-refractivity contribution in [3.05, 3.63) is 34.6 Å². The average molecular weight is 300 g/mol. The second-order valence-corrected chi connectivity index (χ2v) is 5.45. The van der Waals surface area contributed by atoms with Crippen LogP contribution in [0.25, 0.3) is 0 Å². The van der Waals surface area contributed by atoms with E-state index in [1.54, 1.807) is 0 Å². The molecule has 1 saturated carbocycles. The molecule has 0 atom stereocenters. The quantitative estimate of drug-likeness (QED) is 0.902. The predicted octanol–water partition coefficient (Wildman–Crippen LogP) is 2.85. The number of carbonyl (C=O) groups excluding carboxylic acids is 1. The molecular weight excluding hydrogens is 285 g/mol. The summed E-state index contributed by atoms with van der Waals surface area (Å²) in [5.41, 5.74) is 0.176. The summed E-state index contributed by atoms with van der Waals surface area (Å²) in [6.45, 7) is 0. The van der Waals surface area contributed by atoms with E-state index >= 15 is 0 Å². The summed E-state index contributed by atoms with van der Waals surface area (Å²) in [6.07, 6.45) is 2.33. The number of aliphatic carboxylic acids is 1. The molecule has 2 rings (SSSR count). The van der Waals surface area contributed by atoms with Crippen LogP contribution in [0.5, 0.6) is 0 Å². The molecule has 1 fully saturated rings. The van der Waals surface area contributed by atoms with Gasteiger partial charge in [0.2, 0.25) is 0 Å². The smallest absolute Gasteiger partial charge is 0.306 e. The molecule has 0 aliphatic heterocycles. The van der Waals surface area contributed by atoms with Crippen molar-refractivity contribution < 1.29 is 19.1 Å². The van der Waals surface area contributed by atoms with Gasteiger partial charge >= 0.3 is 5.97 Å². The van der Waals surface area contributed by atoms with Crippen molar-refractivity contribution >= 4 is 23.5 Å². The Hall–Kier alpha value is -1.62. The third-order valence-corrected chi connectivity index (χ3v) is 3.75. The molecule has 0 bridgehead atoms. The minimum Gasteiger partial charge on any atom is -0.481 e. The molecule has 2 N–H and O–H groups in total. The van der Waals surface area contributed by atoms with E-state index in [0.717, 1.165) is 12.1 Å². The molecule has 0 heterocycles. The number of hydrogen-bond acceptors (Lipinski definition) is 2. The summed E-state index contributed by atoms with van der Waals surface area (Å²) in [5.74, 6) is -2.05. The van der Waals surface area contributed by atoms with Gasteiger partial charge < -0.3 is 10.4 Å². The molecule has 1 amide bonds. The van der Waals surface area contributed by atoms with E-state index in [-0.39, 0.29) is 28.5 Å². The molecule has 4 nitrogen and oxygen atoms in total. The molecule has 0 unspecified atom stereocenters. The van der Waals surface area contributed by atoms with Crippen LogP contribution in [0.4, 0.5) is 4.39 Å². The van der Waals surface area contributed by atoms with Crippen molar-refractivity contribution in [2.75, 3.05) is 0 Å². The first kappa shape index (κ1) is 14.8. The van der Waals surface area contributed by atoms with Crippen LogP contribution in [0, 0.1) is 11.7 Å². The highest BCUT2D eigenvalue weighted by Gasteiger charge is 2.26. The fourth-order valence-electron chi connectivity index (χ4n) is 2.44. The predicted molar refractivity (Wildman–Crippen MR) is 72.3 cm³/mol. The zero-order valence-corrected chi connectivity index (χ0v) is 11.5. The van der Waals surface area contributed by atoms with Crippen LogP contribution < -0.4 is 5.32 Å². The summed E-state index contributed by atoms with van der Waals surface area (Å²) in [7, 11) is 0. The zero-order chi connectivity index (χ0) is 14.7. The first-order valence-corrected chi connectivity index (χ1v) is 6.83. The highest BCUT2D eigenvalue weighted by molar-refractivity contribution is 6.31. The summed E-state index contributed by atoms with van der Waals surface area (Å²) in [5, 5.41) is 11.9. The van der Waals surface area contributed by atoms with Gasteiger partial charge in [-0.15, -0.1) is 0 Å². The van der Waals surface area contributed by atoms with Crippen molar-refractivity contribution in [1.82, 2.24) is 5.32 Å². The van der Waals surface area contributed by atoms with Crippen LogP contribution in [0.15, 0.2) is 18.2 Å². The fraction of sp³-hybridized carbons (Fsp3) is 0.429. The van der Waals surface area contributed by atoms with Crippen LogP contribution in [-0.2, 0) is 4.79 Å². The minimum atomic E-state index is -0.785. The zero-order valence-electron chi connectivity index (χ0n) is 10.7. The van der Waals surface area contributed by atoms with Gasteiger partial charge in [0.1, 0.15) is 5.82 Å². The lowest BCUT2D eigenvalue weighted by Gasteiger charge is -2.26. The summed E-state index contributed by atoms with van der Waals surface area (Å²) in [4.78, 5) is 22.8. The standard InChI is InChI=1S/C14H15ClFNO3/c15-10-5-9(6-11(16)7-10)13(18)17-12-3-1-8(2-4-12)14(19)20/h5-8,12H,1-4H2,(H,17,18)(H,19,20). The Morgan fingerprint density at radius 2 is 1.85 bits per heavy atom. The molecule has 0 spiro atoms. The SMILES string of the molecule is O=C(NC1CCC(C(=O)O)CC1)c1cc(F)cc(Cl)c1. The van der Waals surface area contributed by atoms with E-state index in [4.69, 9.17) is 16.7 Å². The van der Waals surface area contributed by atoms with Gasteiger partial charge in [-0.05, 0) is 43.9 Å². The van der Waals surface area contributed by atoms with E-state index in [1.807, 2.05) is 0 Å². The molecule has 0 aromatic heterocycles. The van der Waals surface area contributed by atoms with Crippen molar-refractivity contribution in [3.8, 4) is 0 Å². The van der Waals surface area contributed by atoms with E-state index in [2.05, 4.69) is 5.32 Å². The number of benzene rings is 1. The number of carbonyl (C=O) groups is 2. The Morgan fingerprint density at radius 3 is 2.40 bits per heavy atom. The average Bonchev–Trinajstić information content (AvgIpc) is 2.38. The molecule has 1 aliphatic rings. The van der Waals surface area contributed by atoms with Gasteiger partial charge in [-0.1, -0.05) is 11.6 Å². The summed E-state index contributed by atoms with van der Waals surface area (Å²) in [6, 6.07) is 3.60. The normalized spacial score (nSPS) is 22.3. The lowest BCUT2D eigenvalue weighted by Crippen LogP contribution is -2.38. The molecule has 1 aromatic rings. The second kappa shape index (κ2) is 6.22. The highest BCUT2D eigenvalue weighted by Crippen LogP contribution is 2.24. The Kier molecular flexibility index (Phi) is 4.60. The minimum absolute atomic E-state index is 0.0693. The van der Waals surface area contributed by atoms with Gasteiger partial charge in [-0.2, -0.15) is 0 Å². The molecular formula is C14H15ClFNO3. The molecule has 1 aromatic carbocycles. The van der Waals surface area contributed by atoms with E-state index in [9.17, 15) is 14.0 Å². The van der Waals surface area contributed by atoms with Crippen LogP contribution in [-0.4, -0.2) is 23.0 Å². The summed E-state index contributed by atoms with van der Waals surface area (Å²) < 4.78 is 13.2. The molecule has 108 valence electrons. The van der Waals surface area contributed by atoms with Gasteiger partial charge in [0.05, 0.1) is 5.92 Å². The summed E-state index contributed by atoms with van der Waals surface area (Å²) >= 11 is 5.71. The third kappa shape index (κ3) is 3.70. The van der Waals surface area contributed by atoms with Gasteiger partial charge in [0, 0.05) is 16.6 Å². The van der Waals surface area contributed by atoms with E-state index < -0.39 is 11.8 Å². The number of nitrogens with one attached hydrogen (secondary N) is 1. The molecule has 20 heavy (non-hydrogen) atoms. The van der Waals surface area contributed by atoms with Crippen molar-refractivity contribution in [2.24, 2.45) is 5.92 Å². The Balaban J connectivity index is 1.94. The second-order valence-electron chi connectivity index (χ2n) is 5.02. The molecule has 0 radical (unpaired) electrons. The van der Waals surface area contributed by atoms with Crippen LogP contribution >= 0.6 is 11.6 Å². The number of rotatable bonds is 3. The van der Waals surface area contributed by atoms with Gasteiger partial charge in [0.15, 0.2) is 0 Å². The number of amides is 1. The van der Waals surface area contributed by atoms with Crippen LogP contribution in [0.3, 0.4) is 0 Å². The number of carboxylic acid groups (broad SMARTS) is 1. The third-order valence-electron chi connectivity index (χ3n) is 3.54. The fourth-order valence-corrected chi connectivity index (χ4v) is 2.66. The first-order chi connectivity index (χ1) is 9.45. The van der Waals surface area contributed by atoms with E-state index in [0.29, 0.717) is 25.7 Å². The van der Waals surface area contributed by atoms with Crippen LogP contribution in [0.1, 0.15) is 36.0 Å². The van der Waals surface area contributed by atoms with Crippen molar-refractivity contribution in [3.63, 3.8) is 0 Å². The highest BCUT2D eigenvalue weighted by atomic mass is 35.5. The Bertz CT molecular complexity index is 507.